The first kappa shape index (κ1) is 23.3. The number of hydrogen-bond acceptors (Lipinski definition) is 5. The van der Waals surface area contributed by atoms with Gasteiger partial charge < -0.3 is 4.74 Å². The third-order valence-corrected chi connectivity index (χ3v) is 4.87. The van der Waals surface area contributed by atoms with Crippen molar-refractivity contribution in [3.05, 3.63) is 29.8 Å². The van der Waals surface area contributed by atoms with E-state index in [1.54, 1.807) is 19.1 Å². The lowest BCUT2D eigenvalue weighted by Gasteiger charge is -2.17. The van der Waals surface area contributed by atoms with Crippen molar-refractivity contribution in [2.75, 3.05) is 6.61 Å². The van der Waals surface area contributed by atoms with E-state index in [0.29, 0.717) is 12.8 Å². The first-order valence-corrected chi connectivity index (χ1v) is 10.0. The van der Waals surface area contributed by atoms with E-state index in [2.05, 4.69) is 29.6 Å². The molecular formula is C22H24O5S. The number of carbonyl (C=O) groups excluding carboxylic acids is 1. The van der Waals surface area contributed by atoms with Crippen LogP contribution in [0.15, 0.2) is 29.2 Å². The predicted octanol–water partition coefficient (Wildman–Crippen LogP) is 3.08. The lowest BCUT2D eigenvalue weighted by Crippen LogP contribution is -2.23. The third kappa shape index (κ3) is 8.31. The highest BCUT2D eigenvalue weighted by Gasteiger charge is 2.20. The normalized spacial score (nSPS) is 11.8. The highest BCUT2D eigenvalue weighted by molar-refractivity contribution is 7.86. The molecule has 0 aromatic heterocycles. The van der Waals surface area contributed by atoms with Gasteiger partial charge in [-0.15, -0.1) is 18.3 Å². The van der Waals surface area contributed by atoms with Crippen molar-refractivity contribution in [3.8, 4) is 36.0 Å². The molecule has 0 spiro atoms. The Morgan fingerprint density at radius 1 is 1.21 bits per heavy atom. The summed E-state index contributed by atoms with van der Waals surface area (Å²) in [6.45, 7) is 6.86. The smallest absolute Gasteiger partial charge is 0.385 e. The van der Waals surface area contributed by atoms with E-state index in [4.69, 9.17) is 15.3 Å². The number of aryl methyl sites for hydroxylation is 1. The van der Waals surface area contributed by atoms with Crippen LogP contribution in [0.5, 0.6) is 0 Å². The Balaban J connectivity index is 2.71. The molecule has 1 aromatic rings. The van der Waals surface area contributed by atoms with Gasteiger partial charge >= 0.3 is 5.97 Å². The van der Waals surface area contributed by atoms with Gasteiger partial charge in [0.1, 0.15) is 6.61 Å². The molecule has 5 nitrogen and oxygen atoms in total. The van der Waals surface area contributed by atoms with Crippen molar-refractivity contribution in [2.45, 2.75) is 51.5 Å². The number of esters is 1. The highest BCUT2D eigenvalue weighted by atomic mass is 32.2. The second-order valence-corrected chi connectivity index (χ2v) is 8.48. The van der Waals surface area contributed by atoms with Crippen molar-refractivity contribution < 1.29 is 22.1 Å². The summed E-state index contributed by atoms with van der Waals surface area (Å²) in [5.41, 5.74) is 0.710. The van der Waals surface area contributed by atoms with Crippen molar-refractivity contribution in [1.82, 2.24) is 0 Å². The summed E-state index contributed by atoms with van der Waals surface area (Å²) in [5, 5.41) is 0. The minimum Gasteiger partial charge on any atom is -0.437 e. The molecule has 0 aliphatic carbocycles. The van der Waals surface area contributed by atoms with Crippen molar-refractivity contribution in [1.29, 1.82) is 0 Å². The summed E-state index contributed by atoms with van der Waals surface area (Å²) >= 11 is 0. The minimum atomic E-state index is -3.98. The summed E-state index contributed by atoms with van der Waals surface area (Å²) in [6, 6.07) is 6.22. The van der Waals surface area contributed by atoms with Gasteiger partial charge in [-0.3, -0.25) is 4.18 Å². The Bertz CT molecular complexity index is 943. The molecule has 0 N–H and O–H groups in total. The van der Waals surface area contributed by atoms with E-state index in [9.17, 15) is 13.2 Å². The molecule has 28 heavy (non-hydrogen) atoms. The zero-order chi connectivity index (χ0) is 21.2. The highest BCUT2D eigenvalue weighted by Crippen LogP contribution is 2.23. The van der Waals surface area contributed by atoms with Crippen LogP contribution in [-0.4, -0.2) is 27.1 Å². The summed E-state index contributed by atoms with van der Waals surface area (Å²) in [7, 11) is -3.98. The van der Waals surface area contributed by atoms with Gasteiger partial charge in [0.05, 0.1) is 4.90 Å². The third-order valence-electron chi connectivity index (χ3n) is 3.58. The van der Waals surface area contributed by atoms with Crippen LogP contribution in [0.4, 0.5) is 0 Å². The Labute approximate surface area is 167 Å². The Hall–Kier alpha value is -2.72. The van der Waals surface area contributed by atoms with Gasteiger partial charge in [0.15, 0.2) is 6.10 Å². The average molecular weight is 400 g/mol. The van der Waals surface area contributed by atoms with Crippen LogP contribution in [0.2, 0.25) is 0 Å². The molecule has 0 saturated carbocycles. The quantitative estimate of drug-likeness (QED) is 0.304. The molecule has 0 fully saturated rings. The van der Waals surface area contributed by atoms with E-state index < -0.39 is 28.8 Å². The van der Waals surface area contributed by atoms with Gasteiger partial charge in [0.25, 0.3) is 10.1 Å². The second-order valence-electron chi connectivity index (χ2n) is 6.86. The Morgan fingerprint density at radius 2 is 1.86 bits per heavy atom. The average Bonchev–Trinajstić information content (AvgIpc) is 2.60. The van der Waals surface area contributed by atoms with E-state index in [-0.39, 0.29) is 10.3 Å². The molecule has 0 radical (unpaired) electrons. The number of ether oxygens (including phenoxy) is 1. The van der Waals surface area contributed by atoms with Gasteiger partial charge in [-0.2, -0.15) is 8.42 Å². The maximum Gasteiger partial charge on any atom is 0.385 e. The topological polar surface area (TPSA) is 69.7 Å². The Kier molecular flexibility index (Phi) is 8.80. The molecule has 0 saturated heterocycles. The fourth-order valence-electron chi connectivity index (χ4n) is 2.04. The number of rotatable bonds is 7. The molecule has 0 unspecified atom stereocenters. The second kappa shape index (κ2) is 10.6. The molecule has 0 aliphatic heterocycles. The van der Waals surface area contributed by atoms with Crippen LogP contribution < -0.4 is 0 Å². The zero-order valence-electron chi connectivity index (χ0n) is 16.5. The Morgan fingerprint density at radius 3 is 2.43 bits per heavy atom. The minimum absolute atomic E-state index is 0.0168. The van der Waals surface area contributed by atoms with Crippen LogP contribution >= 0.6 is 0 Å². The van der Waals surface area contributed by atoms with Gasteiger partial charge in [-0.05, 0) is 31.4 Å². The zero-order valence-corrected chi connectivity index (χ0v) is 17.4. The predicted molar refractivity (Wildman–Crippen MR) is 107 cm³/mol. The number of carbonyl (C=O) groups is 1. The molecule has 148 valence electrons. The van der Waals surface area contributed by atoms with Crippen LogP contribution in [-0.2, 0) is 23.8 Å². The fraction of sp³-hybridized carbons (Fsp3) is 0.409. The van der Waals surface area contributed by atoms with Crippen molar-refractivity contribution in [2.24, 2.45) is 5.41 Å². The van der Waals surface area contributed by atoms with E-state index >= 15 is 0 Å². The molecule has 6 heteroatoms. The molecular weight excluding hydrogens is 376 g/mol. The molecule has 1 rings (SSSR count). The number of terminal acetylenes is 1. The van der Waals surface area contributed by atoms with E-state index in [0.717, 1.165) is 5.56 Å². The van der Waals surface area contributed by atoms with Crippen LogP contribution in [0.1, 0.15) is 39.2 Å². The van der Waals surface area contributed by atoms with Crippen LogP contribution in [0.25, 0.3) is 0 Å². The van der Waals surface area contributed by atoms with Gasteiger partial charge in [-0.25, -0.2) is 4.79 Å². The lowest BCUT2D eigenvalue weighted by atomic mass is 9.86. The summed E-state index contributed by atoms with van der Waals surface area (Å²) in [5.74, 6) is 12.0. The monoisotopic (exact) mass is 400 g/mol. The maximum atomic E-state index is 12.2. The summed E-state index contributed by atoms with van der Waals surface area (Å²) < 4.78 is 34.5. The first-order chi connectivity index (χ1) is 13.1. The summed E-state index contributed by atoms with van der Waals surface area (Å²) in [6.07, 6.45) is 5.20. The summed E-state index contributed by atoms with van der Waals surface area (Å²) in [4.78, 5) is 11.9. The molecule has 0 heterocycles. The first-order valence-electron chi connectivity index (χ1n) is 8.61. The fourth-order valence-corrected chi connectivity index (χ4v) is 2.95. The van der Waals surface area contributed by atoms with Gasteiger partial charge in [-0.1, -0.05) is 43.4 Å². The molecule has 1 atom stereocenters. The van der Waals surface area contributed by atoms with E-state index in [1.165, 1.54) is 12.1 Å². The lowest BCUT2D eigenvalue weighted by molar-refractivity contribution is -0.140. The maximum absolute atomic E-state index is 12.2. The largest absolute Gasteiger partial charge is 0.437 e. The van der Waals surface area contributed by atoms with Gasteiger partial charge in [0.2, 0.25) is 0 Å². The molecule has 0 aliphatic rings. The number of benzene rings is 1. The SMILES string of the molecule is C#CCC(C)(C)CC#CC(=O)O[C@H](C#CC)COS(=O)(=O)c1ccc(C)cc1. The van der Waals surface area contributed by atoms with Crippen molar-refractivity contribution in [3.63, 3.8) is 0 Å². The molecule has 0 bridgehead atoms. The number of hydrogen-bond donors (Lipinski definition) is 0. The van der Waals surface area contributed by atoms with Crippen LogP contribution in [0, 0.1) is 48.4 Å². The standard InChI is InChI=1S/C22H24O5S/c1-6-9-19(27-21(23)10-8-16-22(4,5)15-7-2)17-26-28(24,25)20-13-11-18(3)12-14-20/h2,11-14,19H,15-17H2,1,3-5H3/t19-/m1/s1. The van der Waals surface area contributed by atoms with Gasteiger partial charge in [0, 0.05) is 18.8 Å². The van der Waals surface area contributed by atoms with Crippen LogP contribution in [0.3, 0.4) is 0 Å². The van der Waals surface area contributed by atoms with Crippen molar-refractivity contribution >= 4 is 16.1 Å². The molecule has 0 amide bonds. The molecule has 1 aromatic carbocycles. The van der Waals surface area contributed by atoms with E-state index in [1.807, 2.05) is 20.8 Å².